The molecule has 34 heavy (non-hydrogen) atoms. The molecule has 1 amide bonds. The number of amides is 1. The lowest BCUT2D eigenvalue weighted by molar-refractivity contribution is 0.0982. The van der Waals surface area contributed by atoms with E-state index in [0.29, 0.717) is 46.8 Å². The first-order valence-electron chi connectivity index (χ1n) is 11.4. The number of hydrogen-bond donors (Lipinski definition) is 2. The number of hydrogen-bond acceptors (Lipinski definition) is 7. The number of piperazine rings is 1. The van der Waals surface area contributed by atoms with Crippen molar-refractivity contribution in [1.29, 1.82) is 0 Å². The van der Waals surface area contributed by atoms with Gasteiger partial charge in [-0.05, 0) is 50.2 Å². The van der Waals surface area contributed by atoms with E-state index in [4.69, 9.17) is 11.6 Å². The molecule has 9 heteroatoms. The molecule has 1 fully saturated rings. The second-order valence-electron chi connectivity index (χ2n) is 9.00. The number of carbonyl (C=O) groups excluding carboxylic acids is 1. The van der Waals surface area contributed by atoms with Crippen molar-refractivity contribution in [2.45, 2.75) is 25.9 Å². The lowest BCUT2D eigenvalue weighted by Crippen LogP contribution is -2.54. The number of nitrogens with one attached hydrogen (secondary N) is 2. The fourth-order valence-corrected chi connectivity index (χ4v) is 4.88. The third-order valence-corrected chi connectivity index (χ3v) is 6.47. The zero-order valence-corrected chi connectivity index (χ0v) is 20.3. The third kappa shape index (κ3) is 4.38. The second kappa shape index (κ2) is 9.12. The van der Waals surface area contributed by atoms with Crippen LogP contribution in [-0.2, 0) is 0 Å². The number of rotatable bonds is 4. The Kier molecular flexibility index (Phi) is 6.02. The van der Waals surface area contributed by atoms with Crippen molar-refractivity contribution in [3.05, 3.63) is 65.3 Å². The van der Waals surface area contributed by atoms with Crippen molar-refractivity contribution < 1.29 is 4.79 Å². The molecule has 2 aromatic carbocycles. The Labute approximate surface area is 204 Å². The Morgan fingerprint density at radius 2 is 1.76 bits per heavy atom. The average Bonchev–Trinajstić information content (AvgIpc) is 2.82. The Morgan fingerprint density at radius 1 is 1.06 bits per heavy atom. The monoisotopic (exact) mass is 477 g/mol. The van der Waals surface area contributed by atoms with Crippen molar-refractivity contribution in [3.63, 3.8) is 0 Å². The van der Waals surface area contributed by atoms with Crippen LogP contribution in [0.4, 0.5) is 28.8 Å². The van der Waals surface area contributed by atoms with Crippen molar-refractivity contribution >= 4 is 46.3 Å². The van der Waals surface area contributed by atoms with Gasteiger partial charge in [-0.3, -0.25) is 9.69 Å². The molecular formula is C25H28ClN7O. The first-order chi connectivity index (χ1) is 16.4. The Morgan fingerprint density at radius 3 is 2.47 bits per heavy atom. The van der Waals surface area contributed by atoms with Gasteiger partial charge in [0.15, 0.2) is 0 Å². The molecule has 0 spiro atoms. The maximum Gasteiger partial charge on any atom is 0.265 e. The van der Waals surface area contributed by atoms with Crippen LogP contribution in [0.25, 0.3) is 0 Å². The van der Waals surface area contributed by atoms with Crippen LogP contribution in [0.5, 0.6) is 0 Å². The summed E-state index contributed by atoms with van der Waals surface area (Å²) >= 11 is 6.33. The zero-order chi connectivity index (χ0) is 23.8. The summed E-state index contributed by atoms with van der Waals surface area (Å²) in [5.74, 6) is 0.865. The second-order valence-corrected chi connectivity index (χ2v) is 9.41. The summed E-state index contributed by atoms with van der Waals surface area (Å²) in [6, 6.07) is 16.5. The lowest BCUT2D eigenvalue weighted by atomic mass is 10.1. The van der Waals surface area contributed by atoms with Crippen LogP contribution in [0.1, 0.15) is 24.2 Å². The van der Waals surface area contributed by atoms with Crippen molar-refractivity contribution in [1.82, 2.24) is 15.3 Å². The van der Waals surface area contributed by atoms with Crippen molar-refractivity contribution in [2.75, 3.05) is 46.8 Å². The summed E-state index contributed by atoms with van der Waals surface area (Å²) in [6.07, 6.45) is 1.57. The minimum absolute atomic E-state index is 0.170. The van der Waals surface area contributed by atoms with E-state index >= 15 is 0 Å². The third-order valence-electron chi connectivity index (χ3n) is 6.15. The van der Waals surface area contributed by atoms with Crippen molar-refractivity contribution in [2.24, 2.45) is 0 Å². The first kappa shape index (κ1) is 22.4. The molecule has 0 radical (unpaired) electrons. The van der Waals surface area contributed by atoms with Crippen LogP contribution in [-0.4, -0.2) is 54.8 Å². The highest BCUT2D eigenvalue weighted by atomic mass is 35.5. The quantitative estimate of drug-likeness (QED) is 0.585. The van der Waals surface area contributed by atoms with Crippen LogP contribution in [0.2, 0.25) is 5.02 Å². The predicted molar refractivity (Wildman–Crippen MR) is 138 cm³/mol. The summed E-state index contributed by atoms with van der Waals surface area (Å²) < 4.78 is 0. The fraction of sp³-hybridized carbons (Fsp3) is 0.320. The molecule has 8 nitrogen and oxygen atoms in total. The average molecular weight is 478 g/mol. The first-order valence-corrected chi connectivity index (χ1v) is 11.8. The molecule has 1 aromatic heterocycles. The molecule has 0 aliphatic carbocycles. The van der Waals surface area contributed by atoms with Crippen LogP contribution >= 0.6 is 11.6 Å². The van der Waals surface area contributed by atoms with E-state index in [1.165, 1.54) is 5.69 Å². The number of para-hydroxylation sites is 1. The van der Waals surface area contributed by atoms with Gasteiger partial charge in [-0.2, -0.15) is 4.98 Å². The summed E-state index contributed by atoms with van der Waals surface area (Å²) in [6.45, 7) is 6.73. The smallest absolute Gasteiger partial charge is 0.265 e. The highest BCUT2D eigenvalue weighted by molar-refractivity contribution is 6.34. The van der Waals surface area contributed by atoms with E-state index in [1.807, 2.05) is 42.3 Å². The normalized spacial score (nSPS) is 20.4. The molecule has 1 saturated heterocycles. The molecule has 5 rings (SSSR count). The van der Waals surface area contributed by atoms with E-state index in [-0.39, 0.29) is 5.91 Å². The van der Waals surface area contributed by atoms with Crippen molar-refractivity contribution in [3.8, 4) is 0 Å². The minimum atomic E-state index is -0.170. The van der Waals surface area contributed by atoms with E-state index < -0.39 is 0 Å². The molecule has 2 N–H and O–H groups in total. The van der Waals surface area contributed by atoms with Crippen LogP contribution in [0.3, 0.4) is 0 Å². The zero-order valence-electron chi connectivity index (χ0n) is 19.5. The Balaban J connectivity index is 1.33. The largest absolute Gasteiger partial charge is 0.368 e. The molecule has 0 bridgehead atoms. The van der Waals surface area contributed by atoms with Gasteiger partial charge in [0.1, 0.15) is 11.4 Å². The van der Waals surface area contributed by atoms with Crippen LogP contribution < -0.4 is 25.3 Å². The van der Waals surface area contributed by atoms with Gasteiger partial charge < -0.3 is 20.4 Å². The topological polar surface area (TPSA) is 76.6 Å². The molecule has 2 atom stereocenters. The highest BCUT2D eigenvalue weighted by Gasteiger charge is 2.31. The van der Waals surface area contributed by atoms with Gasteiger partial charge in [-0.15, -0.1) is 0 Å². The molecule has 0 unspecified atom stereocenters. The van der Waals surface area contributed by atoms with Crippen LogP contribution in [0, 0.1) is 0 Å². The molecule has 3 heterocycles. The maximum atomic E-state index is 13.1. The molecule has 2 aliphatic heterocycles. The maximum absolute atomic E-state index is 13.1. The SMILES string of the molecule is C[C@@H]1CN(c2ccc(Nc3ncc4c(n3)N(C)CN(c3ccccc3Cl)C4=O)cc2)C[C@H](C)N1. The number of carbonyl (C=O) groups is 1. The van der Waals surface area contributed by atoms with E-state index in [0.717, 1.165) is 18.8 Å². The Bertz CT molecular complexity index is 1190. The summed E-state index contributed by atoms with van der Waals surface area (Å²) in [7, 11) is 1.90. The van der Waals surface area contributed by atoms with Gasteiger partial charge in [0.05, 0.1) is 17.4 Å². The number of halogens is 1. The van der Waals surface area contributed by atoms with Gasteiger partial charge in [0.2, 0.25) is 5.95 Å². The van der Waals surface area contributed by atoms with E-state index in [1.54, 1.807) is 17.2 Å². The van der Waals surface area contributed by atoms with E-state index in [9.17, 15) is 4.79 Å². The van der Waals surface area contributed by atoms with Gasteiger partial charge in [-0.1, -0.05) is 23.7 Å². The highest BCUT2D eigenvalue weighted by Crippen LogP contribution is 2.32. The lowest BCUT2D eigenvalue weighted by Gasteiger charge is -2.37. The summed E-state index contributed by atoms with van der Waals surface area (Å²) in [5, 5.41) is 7.35. The number of benzene rings is 2. The molecule has 2 aliphatic rings. The van der Waals surface area contributed by atoms with Crippen LogP contribution in [0.15, 0.2) is 54.7 Å². The van der Waals surface area contributed by atoms with Gasteiger partial charge in [-0.25, -0.2) is 4.98 Å². The molecule has 0 saturated carbocycles. The van der Waals surface area contributed by atoms with E-state index in [2.05, 4.69) is 51.5 Å². The molecular weight excluding hydrogens is 450 g/mol. The van der Waals surface area contributed by atoms with Gasteiger partial charge in [0.25, 0.3) is 5.91 Å². The number of fused-ring (bicyclic) bond motifs is 1. The molecule has 3 aromatic rings. The summed E-state index contributed by atoms with van der Waals surface area (Å²) in [4.78, 5) is 28.1. The number of anilines is 5. The number of aromatic nitrogens is 2. The fourth-order valence-electron chi connectivity index (χ4n) is 4.64. The van der Waals surface area contributed by atoms with Gasteiger partial charge >= 0.3 is 0 Å². The predicted octanol–water partition coefficient (Wildman–Crippen LogP) is 4.11. The standard InChI is InChI=1S/C25H28ClN7O/c1-16-13-32(14-17(2)28-16)19-10-8-18(9-11-19)29-25-27-12-20-23(30-25)31(3)15-33(24(20)34)22-7-5-4-6-21(22)26/h4-12,16-17,28H,13-15H2,1-3H3,(H,27,29,30)/t16-,17+. The Hall–Kier alpha value is -3.36. The van der Waals surface area contributed by atoms with Gasteiger partial charge in [0, 0.05) is 49.8 Å². The minimum Gasteiger partial charge on any atom is -0.368 e. The molecule has 176 valence electrons. The summed E-state index contributed by atoms with van der Waals surface area (Å²) in [5.41, 5.74) is 3.20. The number of nitrogens with zero attached hydrogens (tertiary/aromatic N) is 5.